The number of rotatable bonds is 11. The molecule has 0 saturated carbocycles. The number of aromatic nitrogens is 4. The van der Waals surface area contributed by atoms with E-state index < -0.39 is 30.3 Å². The molecule has 1 aromatic heterocycles. The summed E-state index contributed by atoms with van der Waals surface area (Å²) in [6, 6.07) is 28.1. The van der Waals surface area contributed by atoms with E-state index in [0.29, 0.717) is 34.3 Å². The van der Waals surface area contributed by atoms with E-state index in [1.165, 1.54) is 11.8 Å². The molecule has 3 heterocycles. The Labute approximate surface area is 318 Å². The standard InChI is InChI=1S/C39H37F3N6O6S/c40-39(41,42)37(52)47-17-3-8-33(47)35(51)43-21-25-4-1-5-27(18-25)28-6-2-7-29(19-28)36-53-32(20-34(54-36)26-11-9-24(22-49)10-12-26)23-55-38-44-45-46-48(38)30-13-15-31(50)16-14-30/h1-2,4-7,9-16,18-19,32-34,36,49-50H,3,8,17,20-23H2,(H,43,51). The van der Waals surface area contributed by atoms with Crippen molar-refractivity contribution < 1.29 is 42.4 Å². The van der Waals surface area contributed by atoms with Gasteiger partial charge in [-0.2, -0.15) is 17.9 Å². The van der Waals surface area contributed by atoms with E-state index in [2.05, 4.69) is 20.8 Å². The van der Waals surface area contributed by atoms with Gasteiger partial charge in [-0.3, -0.25) is 9.59 Å². The molecule has 2 amide bonds. The molecule has 2 aliphatic heterocycles. The fourth-order valence-corrected chi connectivity index (χ4v) is 7.60. The first-order valence-corrected chi connectivity index (χ1v) is 18.6. The van der Waals surface area contributed by atoms with E-state index in [-0.39, 0.29) is 44.1 Å². The van der Waals surface area contributed by atoms with Gasteiger partial charge in [0.05, 0.1) is 24.5 Å². The van der Waals surface area contributed by atoms with Gasteiger partial charge in [-0.1, -0.05) is 72.4 Å². The van der Waals surface area contributed by atoms with Crippen LogP contribution in [0, 0.1) is 0 Å². The fraction of sp³-hybridized carbons (Fsp3) is 0.308. The third-order valence-corrected chi connectivity index (χ3v) is 10.5. The van der Waals surface area contributed by atoms with Crippen molar-refractivity contribution in [3.63, 3.8) is 0 Å². The lowest BCUT2D eigenvalue weighted by Gasteiger charge is -2.36. The van der Waals surface area contributed by atoms with E-state index in [4.69, 9.17) is 9.47 Å². The molecule has 2 saturated heterocycles. The minimum Gasteiger partial charge on any atom is -0.508 e. The number of likely N-dealkylation sites (tertiary alicyclic amines) is 1. The minimum atomic E-state index is -5.04. The number of amides is 2. The van der Waals surface area contributed by atoms with Gasteiger partial charge >= 0.3 is 12.1 Å². The molecular formula is C39H37F3N6O6S. The van der Waals surface area contributed by atoms with Crippen LogP contribution in [-0.2, 0) is 32.2 Å². The maximum atomic E-state index is 13.1. The van der Waals surface area contributed by atoms with Crippen molar-refractivity contribution in [3.8, 4) is 22.6 Å². The first-order chi connectivity index (χ1) is 26.6. The summed E-state index contributed by atoms with van der Waals surface area (Å²) >= 11 is 1.43. The zero-order chi connectivity index (χ0) is 38.5. The molecule has 0 aliphatic carbocycles. The Balaban J connectivity index is 1.07. The Morgan fingerprint density at radius 2 is 1.65 bits per heavy atom. The number of aliphatic hydroxyl groups excluding tert-OH is 1. The van der Waals surface area contributed by atoms with Crippen LogP contribution in [-0.4, -0.2) is 77.8 Å². The van der Waals surface area contributed by atoms with E-state index in [0.717, 1.165) is 33.4 Å². The van der Waals surface area contributed by atoms with Crippen LogP contribution >= 0.6 is 11.8 Å². The van der Waals surface area contributed by atoms with Gasteiger partial charge in [-0.15, -0.1) is 5.10 Å². The maximum absolute atomic E-state index is 13.1. The summed E-state index contributed by atoms with van der Waals surface area (Å²) in [5.41, 5.74) is 5.60. The molecule has 4 unspecified atom stereocenters. The van der Waals surface area contributed by atoms with Crippen LogP contribution in [0.1, 0.15) is 53.9 Å². The number of aromatic hydroxyl groups is 1. The van der Waals surface area contributed by atoms with Gasteiger partial charge in [-0.25, -0.2) is 0 Å². The molecule has 0 radical (unpaired) electrons. The zero-order valence-corrected chi connectivity index (χ0v) is 30.1. The van der Waals surface area contributed by atoms with Crippen molar-refractivity contribution in [1.82, 2.24) is 30.4 Å². The molecular weight excluding hydrogens is 738 g/mol. The van der Waals surface area contributed by atoms with Crippen LogP contribution in [0.3, 0.4) is 0 Å². The maximum Gasteiger partial charge on any atom is 0.471 e. The molecule has 0 bridgehead atoms. The topological polar surface area (TPSA) is 152 Å². The molecule has 286 valence electrons. The lowest BCUT2D eigenvalue weighted by molar-refractivity contribution is -0.245. The molecule has 7 rings (SSSR count). The highest BCUT2D eigenvalue weighted by Gasteiger charge is 2.47. The highest BCUT2D eigenvalue weighted by molar-refractivity contribution is 7.99. The van der Waals surface area contributed by atoms with E-state index in [1.54, 1.807) is 35.0 Å². The number of phenols is 1. The van der Waals surface area contributed by atoms with Gasteiger partial charge in [0.1, 0.15) is 11.8 Å². The summed E-state index contributed by atoms with van der Waals surface area (Å²) in [5.74, 6) is -1.99. The second-order valence-corrected chi connectivity index (χ2v) is 14.2. The number of alkyl halides is 3. The number of hydrogen-bond donors (Lipinski definition) is 3. The largest absolute Gasteiger partial charge is 0.508 e. The smallest absolute Gasteiger partial charge is 0.471 e. The number of aliphatic hydroxyl groups is 1. The predicted octanol–water partition coefficient (Wildman–Crippen LogP) is 6.03. The Morgan fingerprint density at radius 1 is 0.909 bits per heavy atom. The van der Waals surface area contributed by atoms with Crippen LogP contribution in [0.15, 0.2) is 102 Å². The van der Waals surface area contributed by atoms with E-state index >= 15 is 0 Å². The molecule has 2 aliphatic rings. The first-order valence-electron chi connectivity index (χ1n) is 17.6. The van der Waals surface area contributed by atoms with Gasteiger partial charge in [0.25, 0.3) is 0 Å². The van der Waals surface area contributed by atoms with Gasteiger partial charge < -0.3 is 29.9 Å². The van der Waals surface area contributed by atoms with Crippen molar-refractivity contribution >= 4 is 23.6 Å². The van der Waals surface area contributed by atoms with Gasteiger partial charge in [-0.05, 0) is 87.5 Å². The number of nitrogens with zero attached hydrogens (tertiary/aromatic N) is 5. The molecule has 2 fully saturated rings. The number of tetrazole rings is 1. The Hall–Kier alpha value is -5.29. The summed E-state index contributed by atoms with van der Waals surface area (Å²) in [6.45, 7) is -0.124. The predicted molar refractivity (Wildman–Crippen MR) is 194 cm³/mol. The number of carbonyl (C=O) groups is 2. The number of hydrogen-bond acceptors (Lipinski definition) is 10. The molecule has 12 nitrogen and oxygen atoms in total. The second-order valence-electron chi connectivity index (χ2n) is 13.2. The molecule has 5 aromatic rings. The average molecular weight is 775 g/mol. The van der Waals surface area contributed by atoms with Crippen molar-refractivity contribution in [1.29, 1.82) is 0 Å². The lowest BCUT2D eigenvalue weighted by atomic mass is 9.99. The average Bonchev–Trinajstić information content (AvgIpc) is 3.90. The monoisotopic (exact) mass is 774 g/mol. The highest BCUT2D eigenvalue weighted by Crippen LogP contribution is 2.40. The molecule has 4 atom stereocenters. The fourth-order valence-electron chi connectivity index (χ4n) is 6.69. The Kier molecular flexibility index (Phi) is 11.5. The summed E-state index contributed by atoms with van der Waals surface area (Å²) < 4.78 is 54.0. The van der Waals surface area contributed by atoms with Crippen LogP contribution in [0.2, 0.25) is 0 Å². The first kappa shape index (κ1) is 38.0. The molecule has 16 heteroatoms. The molecule has 0 spiro atoms. The highest BCUT2D eigenvalue weighted by atomic mass is 32.2. The molecule has 4 aromatic carbocycles. The number of ether oxygens (including phenoxy) is 2. The summed E-state index contributed by atoms with van der Waals surface area (Å²) in [6.07, 6.45) is -5.37. The van der Waals surface area contributed by atoms with Crippen LogP contribution in [0.25, 0.3) is 16.8 Å². The number of thioether (sulfide) groups is 1. The zero-order valence-electron chi connectivity index (χ0n) is 29.3. The third-order valence-electron chi connectivity index (χ3n) is 9.49. The number of nitrogens with one attached hydrogen (secondary N) is 1. The lowest BCUT2D eigenvalue weighted by Crippen LogP contribution is -2.50. The summed E-state index contributed by atoms with van der Waals surface area (Å²) in [7, 11) is 0. The minimum absolute atomic E-state index is 0.0673. The summed E-state index contributed by atoms with van der Waals surface area (Å²) in [4.78, 5) is 25.4. The number of carbonyl (C=O) groups excluding carboxylic acids is 2. The van der Waals surface area contributed by atoms with Crippen LogP contribution in [0.4, 0.5) is 13.2 Å². The number of phenolic OH excluding ortho intramolecular Hbond substituents is 1. The number of benzene rings is 4. The van der Waals surface area contributed by atoms with E-state index in [1.807, 2.05) is 66.7 Å². The van der Waals surface area contributed by atoms with E-state index in [9.17, 15) is 33.0 Å². The van der Waals surface area contributed by atoms with Crippen LogP contribution in [0.5, 0.6) is 5.75 Å². The molecule has 3 N–H and O–H groups in total. The Morgan fingerprint density at radius 3 is 2.40 bits per heavy atom. The molecule has 55 heavy (non-hydrogen) atoms. The van der Waals surface area contributed by atoms with Crippen molar-refractivity contribution in [3.05, 3.63) is 119 Å². The van der Waals surface area contributed by atoms with Gasteiger partial charge in [0.15, 0.2) is 6.29 Å². The van der Waals surface area contributed by atoms with Crippen molar-refractivity contribution in [2.24, 2.45) is 0 Å². The van der Waals surface area contributed by atoms with Crippen LogP contribution < -0.4 is 5.32 Å². The number of halogens is 3. The summed E-state index contributed by atoms with van der Waals surface area (Å²) in [5, 5.41) is 34.7. The van der Waals surface area contributed by atoms with Crippen molar-refractivity contribution in [2.75, 3.05) is 12.3 Å². The SMILES string of the molecule is O=C(NCc1cccc(-c2cccc(C3OC(CSc4nnnn4-c4ccc(O)cc4)CC(c4ccc(CO)cc4)O3)c2)c1)C1CCCN1C(=O)C(F)(F)F. The quantitative estimate of drug-likeness (QED) is 0.136. The van der Waals surface area contributed by atoms with Gasteiger partial charge in [0, 0.05) is 30.8 Å². The Bertz CT molecular complexity index is 2120. The second kappa shape index (κ2) is 16.6. The van der Waals surface area contributed by atoms with Crippen molar-refractivity contribution in [2.45, 2.75) is 68.3 Å². The third kappa shape index (κ3) is 8.99. The van der Waals surface area contributed by atoms with Gasteiger partial charge in [0.2, 0.25) is 11.1 Å². The normalized spacial score (nSPS) is 20.0.